The molecule has 0 bridgehead atoms. The van der Waals surface area contributed by atoms with E-state index in [0.29, 0.717) is 11.8 Å². The molecule has 0 aliphatic heterocycles. The number of nitrogens with zero attached hydrogens (tertiary/aromatic N) is 1. The molecule has 1 aliphatic rings. The van der Waals surface area contributed by atoms with Gasteiger partial charge >= 0.3 is 0 Å². The topological polar surface area (TPSA) is 47.0 Å². The van der Waals surface area contributed by atoms with Gasteiger partial charge in [-0.2, -0.15) is 0 Å². The largest absolute Gasteiger partial charge is 0.289 e. The van der Waals surface area contributed by atoms with Gasteiger partial charge in [0.1, 0.15) is 17.5 Å². The number of benzene rings is 1. The van der Waals surface area contributed by atoms with Gasteiger partial charge in [-0.3, -0.25) is 14.6 Å². The first kappa shape index (κ1) is 16.1. The van der Waals surface area contributed by atoms with Crippen molar-refractivity contribution in [2.75, 3.05) is 0 Å². The molecule has 1 aromatic heterocycles. The summed E-state index contributed by atoms with van der Waals surface area (Å²) in [6, 6.07) is 4.04. The lowest BCUT2D eigenvalue weighted by Crippen LogP contribution is -2.25. The first-order chi connectivity index (χ1) is 11.4. The van der Waals surface area contributed by atoms with Gasteiger partial charge in [-0.15, -0.1) is 0 Å². The molecule has 0 spiro atoms. The predicted molar refractivity (Wildman–Crippen MR) is 80.2 cm³/mol. The number of ketones is 2. The second kappa shape index (κ2) is 6.03. The van der Waals surface area contributed by atoms with Crippen molar-refractivity contribution in [2.45, 2.75) is 19.8 Å². The third-order valence-electron chi connectivity index (χ3n) is 3.94. The molecule has 0 atom stereocenters. The molecule has 1 aromatic carbocycles. The number of pyridine rings is 1. The fraction of sp³-hybridized carbons (Fsp3) is 0.167. The van der Waals surface area contributed by atoms with Crippen molar-refractivity contribution < 1.29 is 22.8 Å². The Kier molecular flexibility index (Phi) is 4.05. The van der Waals surface area contributed by atoms with E-state index in [4.69, 9.17) is 0 Å². The van der Waals surface area contributed by atoms with Crippen molar-refractivity contribution in [3.05, 3.63) is 75.9 Å². The smallest absolute Gasteiger partial charge is 0.193 e. The maximum absolute atomic E-state index is 14.1. The Bertz CT molecular complexity index is 886. The zero-order valence-corrected chi connectivity index (χ0v) is 12.7. The summed E-state index contributed by atoms with van der Waals surface area (Å²) in [6.07, 6.45) is 1.21. The summed E-state index contributed by atoms with van der Waals surface area (Å²) in [5.41, 5.74) is 0.00795. The van der Waals surface area contributed by atoms with Crippen molar-refractivity contribution in [3.63, 3.8) is 0 Å². The molecule has 1 heterocycles. The molecule has 1 aliphatic carbocycles. The molecule has 24 heavy (non-hydrogen) atoms. The van der Waals surface area contributed by atoms with E-state index in [1.54, 1.807) is 6.92 Å². The Morgan fingerprint density at radius 1 is 0.958 bits per heavy atom. The Morgan fingerprint density at radius 2 is 1.71 bits per heavy atom. The fourth-order valence-corrected chi connectivity index (χ4v) is 2.82. The Hall–Kier alpha value is -2.76. The standard InChI is InChI=1S/C18H12F3NO2/c1-2-12-13(7-11-4-3-9(19)8-22-11)18(24)16-14(17(12)23)5-10(20)6-15(16)21/h3-6,8H,2,7H2,1H3. The van der Waals surface area contributed by atoms with Crippen molar-refractivity contribution in [1.29, 1.82) is 0 Å². The number of aromatic nitrogens is 1. The number of carbonyl (C=O) groups is 2. The highest BCUT2D eigenvalue weighted by atomic mass is 19.1. The average molecular weight is 331 g/mol. The minimum absolute atomic E-state index is 0.0235. The lowest BCUT2D eigenvalue weighted by Gasteiger charge is -2.21. The van der Waals surface area contributed by atoms with Gasteiger partial charge in [0.15, 0.2) is 11.6 Å². The van der Waals surface area contributed by atoms with Gasteiger partial charge in [0, 0.05) is 34.9 Å². The van der Waals surface area contributed by atoms with Crippen molar-refractivity contribution in [2.24, 2.45) is 0 Å². The Labute approximate surface area is 135 Å². The van der Waals surface area contributed by atoms with E-state index in [0.717, 1.165) is 12.3 Å². The van der Waals surface area contributed by atoms with Gasteiger partial charge in [0.05, 0.1) is 11.8 Å². The Balaban J connectivity index is 2.12. The van der Waals surface area contributed by atoms with Crippen LogP contribution in [0.4, 0.5) is 13.2 Å². The quantitative estimate of drug-likeness (QED) is 0.859. The molecule has 0 saturated heterocycles. The highest BCUT2D eigenvalue weighted by molar-refractivity contribution is 6.27. The molecule has 0 fully saturated rings. The lowest BCUT2D eigenvalue weighted by atomic mass is 9.81. The molecule has 0 radical (unpaired) electrons. The van der Waals surface area contributed by atoms with Crippen molar-refractivity contribution >= 4 is 11.6 Å². The fourth-order valence-electron chi connectivity index (χ4n) is 2.82. The summed E-state index contributed by atoms with van der Waals surface area (Å²) in [7, 11) is 0. The van der Waals surface area contributed by atoms with Gasteiger partial charge in [0.2, 0.25) is 0 Å². The van der Waals surface area contributed by atoms with E-state index in [1.807, 2.05) is 0 Å². The van der Waals surface area contributed by atoms with Gasteiger partial charge in [-0.25, -0.2) is 13.2 Å². The van der Waals surface area contributed by atoms with Crippen LogP contribution in [0.15, 0.2) is 41.6 Å². The van der Waals surface area contributed by atoms with E-state index >= 15 is 0 Å². The molecule has 6 heteroatoms. The lowest BCUT2D eigenvalue weighted by molar-refractivity contribution is 0.0966. The van der Waals surface area contributed by atoms with Gasteiger partial charge in [-0.1, -0.05) is 6.92 Å². The van der Waals surface area contributed by atoms with E-state index < -0.39 is 34.6 Å². The van der Waals surface area contributed by atoms with Crippen LogP contribution >= 0.6 is 0 Å². The van der Waals surface area contributed by atoms with Crippen LogP contribution < -0.4 is 0 Å². The maximum atomic E-state index is 14.1. The summed E-state index contributed by atoms with van der Waals surface area (Å²) in [5.74, 6) is -3.73. The van der Waals surface area contributed by atoms with Crippen LogP contribution in [0.1, 0.15) is 39.8 Å². The SMILES string of the molecule is CCC1=C(Cc2ccc(F)cn2)C(=O)c2c(F)cc(F)cc2C1=O. The number of halogens is 3. The maximum Gasteiger partial charge on any atom is 0.193 e. The summed E-state index contributed by atoms with van der Waals surface area (Å²) in [4.78, 5) is 29.1. The minimum Gasteiger partial charge on any atom is -0.289 e. The van der Waals surface area contributed by atoms with E-state index in [2.05, 4.69) is 4.98 Å². The third-order valence-corrected chi connectivity index (χ3v) is 3.94. The molecule has 0 amide bonds. The van der Waals surface area contributed by atoms with Crippen LogP contribution in [-0.4, -0.2) is 16.6 Å². The summed E-state index contributed by atoms with van der Waals surface area (Å²) >= 11 is 0. The zero-order chi connectivity index (χ0) is 17.4. The number of Topliss-reactive ketones (excluding diaryl/α,β-unsaturated/α-hetero) is 2. The average Bonchev–Trinajstić information content (AvgIpc) is 2.54. The number of hydrogen-bond acceptors (Lipinski definition) is 3. The van der Waals surface area contributed by atoms with Gasteiger partial charge in [0.25, 0.3) is 0 Å². The molecule has 0 saturated carbocycles. The number of allylic oxidation sites excluding steroid dienone is 2. The van der Waals surface area contributed by atoms with Crippen LogP contribution in [-0.2, 0) is 6.42 Å². The minimum atomic E-state index is -1.07. The van der Waals surface area contributed by atoms with E-state index in [-0.39, 0.29) is 29.6 Å². The van der Waals surface area contributed by atoms with Gasteiger partial charge < -0.3 is 0 Å². The van der Waals surface area contributed by atoms with Crippen LogP contribution in [0.2, 0.25) is 0 Å². The zero-order valence-electron chi connectivity index (χ0n) is 12.7. The number of fused-ring (bicyclic) bond motifs is 1. The number of carbonyl (C=O) groups excluding carboxylic acids is 2. The second-order valence-electron chi connectivity index (χ2n) is 5.42. The van der Waals surface area contributed by atoms with Crippen LogP contribution in [0.25, 0.3) is 0 Å². The number of rotatable bonds is 3. The molecule has 0 unspecified atom stereocenters. The van der Waals surface area contributed by atoms with Crippen molar-refractivity contribution in [3.8, 4) is 0 Å². The van der Waals surface area contributed by atoms with E-state index in [9.17, 15) is 22.8 Å². The normalized spacial score (nSPS) is 14.2. The highest BCUT2D eigenvalue weighted by Crippen LogP contribution is 2.32. The van der Waals surface area contributed by atoms with Crippen molar-refractivity contribution in [1.82, 2.24) is 4.98 Å². The molecule has 3 nitrogen and oxygen atoms in total. The van der Waals surface area contributed by atoms with Crippen LogP contribution in [0.3, 0.4) is 0 Å². The number of hydrogen-bond donors (Lipinski definition) is 0. The molecule has 122 valence electrons. The summed E-state index contributed by atoms with van der Waals surface area (Å²) < 4.78 is 40.4. The third kappa shape index (κ3) is 2.64. The molecule has 3 rings (SSSR count). The van der Waals surface area contributed by atoms with Crippen LogP contribution in [0.5, 0.6) is 0 Å². The summed E-state index contributed by atoms with van der Waals surface area (Å²) in [6.45, 7) is 1.68. The van der Waals surface area contributed by atoms with Gasteiger partial charge in [-0.05, 0) is 24.6 Å². The Morgan fingerprint density at radius 3 is 2.33 bits per heavy atom. The monoisotopic (exact) mass is 331 g/mol. The molecule has 2 aromatic rings. The first-order valence-corrected chi connectivity index (χ1v) is 7.33. The van der Waals surface area contributed by atoms with E-state index in [1.165, 1.54) is 12.1 Å². The molecule has 0 N–H and O–H groups in total. The van der Waals surface area contributed by atoms with Crippen LogP contribution in [0, 0.1) is 17.5 Å². The predicted octanol–water partition coefficient (Wildman–Crippen LogP) is 3.83. The molecular formula is C18H12F3NO2. The molecular weight excluding hydrogens is 319 g/mol. The second-order valence-corrected chi connectivity index (χ2v) is 5.42. The highest BCUT2D eigenvalue weighted by Gasteiger charge is 2.34. The summed E-state index contributed by atoms with van der Waals surface area (Å²) in [5, 5.41) is 0. The first-order valence-electron chi connectivity index (χ1n) is 7.33.